The lowest BCUT2D eigenvalue weighted by Gasteiger charge is -2.24. The van der Waals surface area contributed by atoms with Gasteiger partial charge in [0, 0.05) is 18.8 Å². The summed E-state index contributed by atoms with van der Waals surface area (Å²) in [6, 6.07) is 2.51. The van der Waals surface area contributed by atoms with Gasteiger partial charge in [0.05, 0.1) is 33.8 Å². The van der Waals surface area contributed by atoms with Crippen molar-refractivity contribution < 1.29 is 19.4 Å². The summed E-state index contributed by atoms with van der Waals surface area (Å²) in [4.78, 5) is 35.3. The second-order valence-corrected chi connectivity index (χ2v) is 6.85. The highest BCUT2D eigenvalue weighted by molar-refractivity contribution is 7.99. The number of thioether (sulfide) groups is 1. The van der Waals surface area contributed by atoms with Gasteiger partial charge in [-0.1, -0.05) is 13.8 Å². The van der Waals surface area contributed by atoms with Crippen LogP contribution in [-0.2, 0) is 9.53 Å². The number of ether oxygens (including phenoxy) is 1. The summed E-state index contributed by atoms with van der Waals surface area (Å²) in [6.07, 6.45) is 1.69. The van der Waals surface area contributed by atoms with E-state index in [0.29, 0.717) is 29.4 Å². The first-order valence-corrected chi connectivity index (χ1v) is 9.84. The zero-order chi connectivity index (χ0) is 20.4. The monoisotopic (exact) mass is 399 g/mol. The average Bonchev–Trinajstić information content (AvgIpc) is 2.61. The van der Waals surface area contributed by atoms with Gasteiger partial charge < -0.3 is 9.64 Å². The molecule has 0 radical (unpaired) electrons. The van der Waals surface area contributed by atoms with Crippen LogP contribution in [0.15, 0.2) is 17.0 Å². The summed E-state index contributed by atoms with van der Waals surface area (Å²) in [5.74, 6) is -0.0910. The smallest absolute Gasteiger partial charge is 0.306 e. The van der Waals surface area contributed by atoms with E-state index in [-0.39, 0.29) is 30.4 Å². The van der Waals surface area contributed by atoms with Gasteiger partial charge in [-0.15, -0.1) is 11.8 Å². The first-order valence-electron chi connectivity index (χ1n) is 8.85. The first kappa shape index (κ1) is 22.7. The standard InChI is InChI=1S/C17H25N3O6S/c1-4-8-18(9-5-2)13-12-16(27-10-7-17(21)26-6-3)15(20(24)25)11-14(13)19(22)23/h11-12H,4-10H2,1-3H3. The number of carbonyl (C=O) groups is 1. The van der Waals surface area contributed by atoms with Crippen molar-refractivity contribution in [3.05, 3.63) is 32.4 Å². The minimum absolute atomic E-state index is 0.107. The summed E-state index contributed by atoms with van der Waals surface area (Å²) >= 11 is 1.13. The van der Waals surface area contributed by atoms with Crippen LogP contribution in [0.5, 0.6) is 0 Å². The zero-order valence-electron chi connectivity index (χ0n) is 15.8. The number of nitrogens with zero attached hydrogens (tertiary/aromatic N) is 3. The molecular weight excluding hydrogens is 374 g/mol. The largest absolute Gasteiger partial charge is 0.466 e. The van der Waals surface area contributed by atoms with Crippen LogP contribution in [0.25, 0.3) is 0 Å². The van der Waals surface area contributed by atoms with Gasteiger partial charge in [-0.3, -0.25) is 25.0 Å². The summed E-state index contributed by atoms with van der Waals surface area (Å²) in [5.41, 5.74) is -0.237. The lowest BCUT2D eigenvalue weighted by Crippen LogP contribution is -2.25. The number of anilines is 1. The number of esters is 1. The zero-order valence-corrected chi connectivity index (χ0v) is 16.6. The molecule has 0 heterocycles. The SMILES string of the molecule is CCCN(CCC)c1cc(SCCC(=O)OCC)c([N+](=O)[O-])cc1[N+](=O)[O-]. The third-order valence-corrected chi connectivity index (χ3v) is 4.69. The minimum Gasteiger partial charge on any atom is -0.466 e. The van der Waals surface area contributed by atoms with Crippen LogP contribution in [0.4, 0.5) is 17.1 Å². The van der Waals surface area contributed by atoms with Gasteiger partial charge >= 0.3 is 5.97 Å². The molecule has 1 aromatic rings. The molecule has 0 fully saturated rings. The van der Waals surface area contributed by atoms with Crippen LogP contribution in [-0.4, -0.2) is 41.3 Å². The van der Waals surface area contributed by atoms with Crippen LogP contribution in [0, 0.1) is 20.2 Å². The minimum atomic E-state index is -0.631. The van der Waals surface area contributed by atoms with E-state index in [1.807, 2.05) is 18.7 Å². The highest BCUT2D eigenvalue weighted by Crippen LogP contribution is 2.40. The van der Waals surface area contributed by atoms with Crippen molar-refractivity contribution in [1.82, 2.24) is 0 Å². The van der Waals surface area contributed by atoms with E-state index >= 15 is 0 Å². The molecule has 0 unspecified atom stereocenters. The van der Waals surface area contributed by atoms with Crippen LogP contribution in [0.3, 0.4) is 0 Å². The molecule has 150 valence electrons. The highest BCUT2D eigenvalue weighted by Gasteiger charge is 2.27. The molecule has 27 heavy (non-hydrogen) atoms. The van der Waals surface area contributed by atoms with Gasteiger partial charge in [-0.2, -0.15) is 0 Å². The summed E-state index contributed by atoms with van der Waals surface area (Å²) in [6.45, 7) is 7.13. The Hall–Kier alpha value is -2.36. The topological polar surface area (TPSA) is 116 Å². The molecule has 0 aliphatic heterocycles. The van der Waals surface area contributed by atoms with E-state index in [0.717, 1.165) is 30.7 Å². The third-order valence-electron chi connectivity index (χ3n) is 3.65. The predicted octanol–water partition coefficient (Wildman–Crippen LogP) is 4.17. The Morgan fingerprint density at radius 3 is 2.15 bits per heavy atom. The van der Waals surface area contributed by atoms with Crippen LogP contribution in [0.2, 0.25) is 0 Å². The Morgan fingerprint density at radius 2 is 1.67 bits per heavy atom. The Morgan fingerprint density at radius 1 is 1.07 bits per heavy atom. The quantitative estimate of drug-likeness (QED) is 0.222. The summed E-state index contributed by atoms with van der Waals surface area (Å²) < 4.78 is 4.85. The van der Waals surface area contributed by atoms with Crippen LogP contribution < -0.4 is 4.90 Å². The molecule has 9 nitrogen and oxygen atoms in total. The third kappa shape index (κ3) is 6.70. The second kappa shape index (κ2) is 11.4. The summed E-state index contributed by atoms with van der Waals surface area (Å²) in [5, 5.41) is 22.9. The number of nitro groups is 2. The van der Waals surface area contributed by atoms with Gasteiger partial charge in [0.2, 0.25) is 0 Å². The molecule has 0 saturated carbocycles. The molecule has 0 bridgehead atoms. The number of hydrogen-bond acceptors (Lipinski definition) is 8. The van der Waals surface area contributed by atoms with Gasteiger partial charge in [0.15, 0.2) is 0 Å². The molecule has 0 spiro atoms. The molecule has 0 aromatic heterocycles. The van der Waals surface area contributed by atoms with Crippen molar-refractivity contribution in [3.8, 4) is 0 Å². The fourth-order valence-electron chi connectivity index (χ4n) is 2.57. The predicted molar refractivity (Wildman–Crippen MR) is 105 cm³/mol. The van der Waals surface area contributed by atoms with Gasteiger partial charge in [-0.05, 0) is 25.8 Å². The van der Waals surface area contributed by atoms with E-state index in [1.165, 1.54) is 6.07 Å². The fourth-order valence-corrected chi connectivity index (χ4v) is 3.54. The normalized spacial score (nSPS) is 10.5. The molecule has 0 saturated heterocycles. The molecule has 0 amide bonds. The van der Waals surface area contributed by atoms with Crippen LogP contribution in [0.1, 0.15) is 40.0 Å². The lowest BCUT2D eigenvalue weighted by atomic mass is 10.2. The number of rotatable bonds is 12. The Kier molecular flexibility index (Phi) is 9.55. The Bertz CT molecular complexity index is 677. The van der Waals surface area contributed by atoms with E-state index in [4.69, 9.17) is 4.74 Å². The van der Waals surface area contributed by atoms with Crippen molar-refractivity contribution in [1.29, 1.82) is 0 Å². The number of nitro benzene ring substituents is 2. The first-order chi connectivity index (χ1) is 12.8. The number of hydrogen-bond donors (Lipinski definition) is 0. The molecule has 0 aliphatic rings. The summed E-state index contributed by atoms with van der Waals surface area (Å²) in [7, 11) is 0. The second-order valence-electron chi connectivity index (χ2n) is 5.71. The lowest BCUT2D eigenvalue weighted by molar-refractivity contribution is -0.395. The van der Waals surface area contributed by atoms with E-state index in [9.17, 15) is 25.0 Å². The van der Waals surface area contributed by atoms with Crippen molar-refractivity contribution in [3.63, 3.8) is 0 Å². The van der Waals surface area contributed by atoms with Gasteiger partial charge in [0.1, 0.15) is 5.69 Å². The molecule has 1 aromatic carbocycles. The van der Waals surface area contributed by atoms with Crippen molar-refractivity contribution in [2.24, 2.45) is 0 Å². The maximum absolute atomic E-state index is 11.5. The molecule has 0 N–H and O–H groups in total. The maximum atomic E-state index is 11.5. The van der Waals surface area contributed by atoms with E-state index < -0.39 is 9.85 Å². The highest BCUT2D eigenvalue weighted by atomic mass is 32.2. The van der Waals surface area contributed by atoms with Crippen molar-refractivity contribution in [2.75, 3.05) is 30.3 Å². The van der Waals surface area contributed by atoms with Gasteiger partial charge in [0.25, 0.3) is 11.4 Å². The molecule has 1 rings (SSSR count). The molecule has 0 aliphatic carbocycles. The van der Waals surface area contributed by atoms with E-state index in [2.05, 4.69) is 0 Å². The molecular formula is C17H25N3O6S. The fraction of sp³-hybridized carbons (Fsp3) is 0.588. The molecule has 0 atom stereocenters. The number of benzene rings is 1. The van der Waals surface area contributed by atoms with Crippen molar-refractivity contribution >= 4 is 34.8 Å². The average molecular weight is 399 g/mol. The maximum Gasteiger partial charge on any atom is 0.306 e. The van der Waals surface area contributed by atoms with Crippen LogP contribution >= 0.6 is 11.8 Å². The molecule has 10 heteroatoms. The van der Waals surface area contributed by atoms with Crippen molar-refractivity contribution in [2.45, 2.75) is 44.9 Å². The Labute approximate surface area is 162 Å². The van der Waals surface area contributed by atoms with Gasteiger partial charge in [-0.25, -0.2) is 0 Å². The number of carbonyl (C=O) groups excluding carboxylic acids is 1. The van der Waals surface area contributed by atoms with E-state index in [1.54, 1.807) is 6.92 Å². The Balaban J connectivity index is 3.26.